The molecule has 1 saturated carbocycles. The highest BCUT2D eigenvalue weighted by Gasteiger charge is 2.52. The van der Waals surface area contributed by atoms with Crippen molar-refractivity contribution in [3.8, 4) is 6.19 Å². The van der Waals surface area contributed by atoms with E-state index in [-0.39, 0.29) is 29.4 Å². The van der Waals surface area contributed by atoms with Gasteiger partial charge >= 0.3 is 0 Å². The number of ether oxygens (including phenoxy) is 1. The van der Waals surface area contributed by atoms with E-state index >= 15 is 0 Å². The summed E-state index contributed by atoms with van der Waals surface area (Å²) >= 11 is 0. The third-order valence-electron chi connectivity index (χ3n) is 8.40. The van der Waals surface area contributed by atoms with Crippen molar-refractivity contribution in [1.29, 1.82) is 5.26 Å². The molecule has 1 aliphatic heterocycles. The van der Waals surface area contributed by atoms with Crippen LogP contribution in [0.15, 0.2) is 48.8 Å². The highest BCUT2D eigenvalue weighted by molar-refractivity contribution is 6.06. The largest absolute Gasteiger partial charge is 0.371 e. The van der Waals surface area contributed by atoms with Gasteiger partial charge in [0.05, 0.1) is 18.2 Å². The Balaban J connectivity index is 1.82. The number of nitrogens with zero attached hydrogens (tertiary/aromatic N) is 4. The van der Waals surface area contributed by atoms with Crippen LogP contribution in [0.4, 0.5) is 5.69 Å². The predicted octanol–water partition coefficient (Wildman–Crippen LogP) is 6.03. The maximum atomic E-state index is 14.9. The Bertz CT molecular complexity index is 1270. The SMILES string of the molecule is CC(C)(C)O[C@H]1CN(C#N)[C@@](C)(C(=O)N(c2ccc(C(C)(C)C)cc2)C(C(=O)NC2CCCCC2)c2cccnc2)C1. The molecule has 0 spiro atoms. The normalized spacial score (nSPS) is 22.3. The molecule has 2 amide bonds. The first-order chi connectivity index (χ1) is 19.7. The number of likely N-dealkylation sites (tertiary alicyclic amines) is 1. The number of carbonyl (C=O) groups is 2. The van der Waals surface area contributed by atoms with Crippen molar-refractivity contribution in [3.63, 3.8) is 0 Å². The molecule has 3 atom stereocenters. The summed E-state index contributed by atoms with van der Waals surface area (Å²) < 4.78 is 6.26. The van der Waals surface area contributed by atoms with E-state index in [0.717, 1.165) is 31.2 Å². The molecule has 4 rings (SSSR count). The third kappa shape index (κ3) is 7.12. The van der Waals surface area contributed by atoms with Crippen LogP contribution in [0.5, 0.6) is 0 Å². The number of hydrogen-bond acceptors (Lipinski definition) is 6. The van der Waals surface area contributed by atoms with Crippen molar-refractivity contribution in [2.24, 2.45) is 0 Å². The van der Waals surface area contributed by atoms with E-state index in [2.05, 4.69) is 37.3 Å². The first kappa shape index (κ1) is 31.5. The first-order valence-electron chi connectivity index (χ1n) is 15.2. The number of anilines is 1. The lowest BCUT2D eigenvalue weighted by molar-refractivity contribution is -0.131. The summed E-state index contributed by atoms with van der Waals surface area (Å²) in [6, 6.07) is 10.6. The molecule has 1 aliphatic carbocycles. The highest BCUT2D eigenvalue weighted by Crippen LogP contribution is 2.39. The molecule has 1 saturated heterocycles. The summed E-state index contributed by atoms with van der Waals surface area (Å²) in [6.45, 7) is 14.4. The van der Waals surface area contributed by atoms with E-state index in [1.54, 1.807) is 30.3 Å². The fourth-order valence-corrected chi connectivity index (χ4v) is 6.20. The molecule has 226 valence electrons. The molecule has 0 radical (unpaired) electrons. The van der Waals surface area contributed by atoms with Crippen LogP contribution in [0.3, 0.4) is 0 Å². The fourth-order valence-electron chi connectivity index (χ4n) is 6.20. The van der Waals surface area contributed by atoms with E-state index in [0.29, 0.717) is 24.2 Å². The van der Waals surface area contributed by atoms with Gasteiger partial charge in [-0.3, -0.25) is 24.4 Å². The highest BCUT2D eigenvalue weighted by atomic mass is 16.5. The Morgan fingerprint density at radius 1 is 1.10 bits per heavy atom. The van der Waals surface area contributed by atoms with E-state index in [1.807, 2.05) is 51.1 Å². The van der Waals surface area contributed by atoms with Crippen molar-refractivity contribution in [2.45, 2.75) is 122 Å². The standard InChI is InChI=1S/C34H47N5O3/c1-32(2,3)25-15-17-27(18-16-25)39(31(41)34(7)20-28(22-38(34)23-35)42-33(4,5)6)29(24-12-11-19-36-21-24)30(40)37-26-13-9-8-10-14-26/h11-12,15-19,21,26,28-29H,8-10,13-14,20,22H2,1-7H3,(H,37,40)/t28-,29?,34-/m1/s1. The first-order valence-corrected chi connectivity index (χ1v) is 15.2. The Kier molecular flexibility index (Phi) is 9.32. The van der Waals surface area contributed by atoms with E-state index in [9.17, 15) is 14.9 Å². The number of pyridine rings is 1. The molecule has 1 aromatic heterocycles. The number of nitrogens with one attached hydrogen (secondary N) is 1. The van der Waals surface area contributed by atoms with E-state index < -0.39 is 17.2 Å². The van der Waals surface area contributed by atoms with Crippen LogP contribution in [-0.4, -0.2) is 51.5 Å². The summed E-state index contributed by atoms with van der Waals surface area (Å²) in [6.07, 6.45) is 10.7. The number of amides is 2. The Labute approximate surface area is 251 Å². The van der Waals surface area contributed by atoms with Crippen LogP contribution < -0.4 is 10.2 Å². The summed E-state index contributed by atoms with van der Waals surface area (Å²) in [5.74, 6) is -0.559. The van der Waals surface area contributed by atoms with Gasteiger partial charge in [0, 0.05) is 36.1 Å². The lowest BCUT2D eigenvalue weighted by atomic mass is 9.86. The van der Waals surface area contributed by atoms with Crippen molar-refractivity contribution in [3.05, 3.63) is 59.9 Å². The number of hydrogen-bond donors (Lipinski definition) is 1. The summed E-state index contributed by atoms with van der Waals surface area (Å²) in [4.78, 5) is 36.6. The quantitative estimate of drug-likeness (QED) is 0.406. The summed E-state index contributed by atoms with van der Waals surface area (Å²) in [5, 5.41) is 13.4. The van der Waals surface area contributed by atoms with Gasteiger partial charge in [-0.2, -0.15) is 5.26 Å². The predicted molar refractivity (Wildman–Crippen MR) is 165 cm³/mol. The van der Waals surface area contributed by atoms with Crippen molar-refractivity contribution in [2.75, 3.05) is 11.4 Å². The molecular weight excluding hydrogens is 526 g/mol. The third-order valence-corrected chi connectivity index (χ3v) is 8.40. The number of rotatable bonds is 7. The van der Waals surface area contributed by atoms with Crippen LogP contribution in [0.2, 0.25) is 0 Å². The zero-order valence-corrected chi connectivity index (χ0v) is 26.3. The number of benzene rings is 1. The van der Waals surface area contributed by atoms with Gasteiger partial charge in [0.2, 0.25) is 5.91 Å². The van der Waals surface area contributed by atoms with E-state index in [4.69, 9.17) is 4.74 Å². The number of nitriles is 1. The molecular formula is C34H47N5O3. The average Bonchev–Trinajstić information content (AvgIpc) is 3.26. The molecule has 8 heteroatoms. The lowest BCUT2D eigenvalue weighted by Gasteiger charge is -2.39. The lowest BCUT2D eigenvalue weighted by Crippen LogP contribution is -2.57. The van der Waals surface area contributed by atoms with Gasteiger partial charge in [0.15, 0.2) is 6.19 Å². The average molecular weight is 574 g/mol. The minimum Gasteiger partial charge on any atom is -0.371 e. The van der Waals surface area contributed by atoms with Gasteiger partial charge in [0.25, 0.3) is 5.91 Å². The Hall–Kier alpha value is -3.44. The van der Waals surface area contributed by atoms with Crippen LogP contribution in [0, 0.1) is 11.5 Å². The Morgan fingerprint density at radius 3 is 2.31 bits per heavy atom. The second-order valence-corrected chi connectivity index (χ2v) is 14.0. The number of carbonyl (C=O) groups excluding carboxylic acids is 2. The second-order valence-electron chi connectivity index (χ2n) is 14.0. The summed E-state index contributed by atoms with van der Waals surface area (Å²) in [5.41, 5.74) is 0.611. The summed E-state index contributed by atoms with van der Waals surface area (Å²) in [7, 11) is 0. The molecule has 1 unspecified atom stereocenters. The zero-order valence-electron chi connectivity index (χ0n) is 26.3. The molecule has 2 heterocycles. The van der Waals surface area contributed by atoms with Gasteiger partial charge < -0.3 is 10.1 Å². The van der Waals surface area contributed by atoms with Crippen LogP contribution >= 0.6 is 0 Å². The molecule has 2 aromatic rings. The van der Waals surface area contributed by atoms with Crippen LogP contribution in [-0.2, 0) is 19.7 Å². The maximum Gasteiger partial charge on any atom is 0.254 e. The monoisotopic (exact) mass is 573 g/mol. The molecule has 1 N–H and O–H groups in total. The smallest absolute Gasteiger partial charge is 0.254 e. The minimum absolute atomic E-state index is 0.0629. The van der Waals surface area contributed by atoms with Gasteiger partial charge in [-0.15, -0.1) is 0 Å². The van der Waals surface area contributed by atoms with Crippen molar-refractivity contribution >= 4 is 17.5 Å². The van der Waals surface area contributed by atoms with Gasteiger partial charge in [-0.25, -0.2) is 0 Å². The van der Waals surface area contributed by atoms with Gasteiger partial charge in [-0.05, 0) is 69.7 Å². The van der Waals surface area contributed by atoms with Crippen molar-refractivity contribution < 1.29 is 14.3 Å². The minimum atomic E-state index is -1.21. The van der Waals surface area contributed by atoms with Crippen LogP contribution in [0.1, 0.15) is 104 Å². The Morgan fingerprint density at radius 2 is 1.76 bits per heavy atom. The van der Waals surface area contributed by atoms with Gasteiger partial charge in [-0.1, -0.05) is 58.2 Å². The molecule has 0 bridgehead atoms. The molecule has 42 heavy (non-hydrogen) atoms. The zero-order chi connectivity index (χ0) is 30.7. The van der Waals surface area contributed by atoms with Crippen LogP contribution in [0.25, 0.3) is 0 Å². The van der Waals surface area contributed by atoms with E-state index in [1.165, 1.54) is 11.3 Å². The fraction of sp³-hybridized carbons (Fsp3) is 0.588. The topological polar surface area (TPSA) is 98.6 Å². The molecule has 8 nitrogen and oxygen atoms in total. The molecule has 2 aliphatic rings. The van der Waals surface area contributed by atoms with Crippen molar-refractivity contribution in [1.82, 2.24) is 15.2 Å². The van der Waals surface area contributed by atoms with Gasteiger partial charge in [0.1, 0.15) is 11.6 Å². The maximum absolute atomic E-state index is 14.9. The second kappa shape index (κ2) is 12.4. The molecule has 1 aromatic carbocycles. The molecule has 2 fully saturated rings. The number of aromatic nitrogens is 1.